The van der Waals surface area contributed by atoms with Crippen LogP contribution in [-0.2, 0) is 12.8 Å². The fourth-order valence-corrected chi connectivity index (χ4v) is 1.68. The van der Waals surface area contributed by atoms with E-state index < -0.39 is 0 Å². The minimum Gasteiger partial charge on any atom is -0.396 e. The maximum absolute atomic E-state index is 9.02. The van der Waals surface area contributed by atoms with Gasteiger partial charge >= 0.3 is 0 Å². The maximum atomic E-state index is 9.02. The lowest BCUT2D eigenvalue weighted by Crippen LogP contribution is -2.01. The van der Waals surface area contributed by atoms with Gasteiger partial charge in [0.1, 0.15) is 0 Å². The summed E-state index contributed by atoms with van der Waals surface area (Å²) in [6, 6.07) is 6.40. The van der Waals surface area contributed by atoms with Crippen molar-refractivity contribution in [2.75, 3.05) is 6.61 Å². The Balaban J connectivity index is 3.01. The van der Waals surface area contributed by atoms with Crippen molar-refractivity contribution in [1.29, 1.82) is 0 Å². The van der Waals surface area contributed by atoms with Crippen LogP contribution >= 0.6 is 0 Å². The normalized spacial score (nSPS) is 12.9. The van der Waals surface area contributed by atoms with Crippen LogP contribution in [0.5, 0.6) is 0 Å². The van der Waals surface area contributed by atoms with E-state index in [1.165, 1.54) is 11.1 Å². The molecule has 0 spiro atoms. The Morgan fingerprint density at radius 2 is 1.86 bits per heavy atom. The van der Waals surface area contributed by atoms with Crippen LogP contribution in [0.15, 0.2) is 18.2 Å². The van der Waals surface area contributed by atoms with E-state index in [-0.39, 0.29) is 12.5 Å². The average molecular weight is 191 g/mol. The first-order valence-electron chi connectivity index (χ1n) is 5.28. The fraction of sp³-hybridized carbons (Fsp3) is 0.462. The highest BCUT2D eigenvalue weighted by Crippen LogP contribution is 2.19. The lowest BCUT2D eigenvalue weighted by Gasteiger charge is -2.12. The molecule has 0 amide bonds. The molecule has 1 unspecified atom stereocenters. The molecule has 1 N–H and O–H groups in total. The molecule has 0 aliphatic heterocycles. The third-order valence-corrected chi connectivity index (χ3v) is 2.68. The predicted octanol–water partition coefficient (Wildman–Crippen LogP) is 2.72. The number of hydrogen-bond donors (Lipinski definition) is 1. The van der Waals surface area contributed by atoms with E-state index in [0.29, 0.717) is 0 Å². The van der Waals surface area contributed by atoms with E-state index in [1.54, 1.807) is 0 Å². The molecule has 14 heavy (non-hydrogen) atoms. The van der Waals surface area contributed by atoms with Gasteiger partial charge in [0.2, 0.25) is 0 Å². The number of rotatable bonds is 4. The molecule has 1 rings (SSSR count). The summed E-state index contributed by atoms with van der Waals surface area (Å²) in [5.41, 5.74) is 3.93. The van der Waals surface area contributed by atoms with Crippen LogP contribution in [0.25, 0.3) is 0 Å². The van der Waals surface area contributed by atoms with Gasteiger partial charge in [0, 0.05) is 12.5 Å². The molecule has 1 aromatic carbocycles. The quantitative estimate of drug-likeness (QED) is 0.776. The van der Waals surface area contributed by atoms with E-state index >= 15 is 0 Å². The number of benzene rings is 1. The molecule has 1 atom stereocenters. The maximum Gasteiger partial charge on any atom is 0.0499 e. The smallest absolute Gasteiger partial charge is 0.0499 e. The largest absolute Gasteiger partial charge is 0.396 e. The zero-order chi connectivity index (χ0) is 10.6. The molecule has 0 aromatic heterocycles. The Bertz CT molecular complexity index is 291. The van der Waals surface area contributed by atoms with Crippen LogP contribution in [0.1, 0.15) is 36.5 Å². The summed E-state index contributed by atoms with van der Waals surface area (Å²) in [5.74, 6) is 0.00575. The topological polar surface area (TPSA) is 20.2 Å². The summed E-state index contributed by atoms with van der Waals surface area (Å²) in [6.07, 6.45) is 2.12. The molecule has 1 heteroatoms. The van der Waals surface area contributed by atoms with Gasteiger partial charge in [0.15, 0.2) is 0 Å². The van der Waals surface area contributed by atoms with Gasteiger partial charge in [-0.05, 0) is 36.5 Å². The van der Waals surface area contributed by atoms with E-state index in [4.69, 9.17) is 5.11 Å². The van der Waals surface area contributed by atoms with Crippen LogP contribution in [0.4, 0.5) is 0 Å². The standard InChI is InChI=1S/C13H19O/c1-4-11-6-7-13(10(3)9-14)8-12(11)5-2/h6-8,10,14H,3-5,9H2,1-2H3. The highest BCUT2D eigenvalue weighted by molar-refractivity contribution is 5.34. The predicted molar refractivity (Wildman–Crippen MR) is 60.4 cm³/mol. The number of hydrogen-bond acceptors (Lipinski definition) is 1. The highest BCUT2D eigenvalue weighted by Gasteiger charge is 2.06. The van der Waals surface area contributed by atoms with Crippen molar-refractivity contribution in [1.82, 2.24) is 0 Å². The van der Waals surface area contributed by atoms with Crippen molar-refractivity contribution in [2.45, 2.75) is 32.6 Å². The minimum absolute atomic E-state index is 0.00575. The molecular weight excluding hydrogens is 172 g/mol. The van der Waals surface area contributed by atoms with Crippen molar-refractivity contribution in [3.63, 3.8) is 0 Å². The molecular formula is C13H19O. The zero-order valence-electron chi connectivity index (χ0n) is 9.09. The van der Waals surface area contributed by atoms with Crippen molar-refractivity contribution in [3.8, 4) is 0 Å². The van der Waals surface area contributed by atoms with Gasteiger partial charge < -0.3 is 5.11 Å². The third kappa shape index (κ3) is 2.36. The van der Waals surface area contributed by atoms with Gasteiger partial charge in [-0.1, -0.05) is 32.0 Å². The molecule has 0 aliphatic carbocycles. The Morgan fingerprint density at radius 3 is 2.36 bits per heavy atom. The van der Waals surface area contributed by atoms with Crippen molar-refractivity contribution in [3.05, 3.63) is 41.8 Å². The summed E-state index contributed by atoms with van der Waals surface area (Å²) in [4.78, 5) is 0. The van der Waals surface area contributed by atoms with Crippen molar-refractivity contribution < 1.29 is 5.11 Å². The van der Waals surface area contributed by atoms with Crippen LogP contribution in [-0.4, -0.2) is 11.7 Å². The molecule has 0 saturated heterocycles. The third-order valence-electron chi connectivity index (χ3n) is 2.68. The zero-order valence-corrected chi connectivity index (χ0v) is 9.09. The lowest BCUT2D eigenvalue weighted by molar-refractivity contribution is 0.282. The average Bonchev–Trinajstić information content (AvgIpc) is 2.26. The number of aliphatic hydroxyl groups is 1. The van der Waals surface area contributed by atoms with E-state index in [2.05, 4.69) is 39.0 Å². The van der Waals surface area contributed by atoms with Crippen LogP contribution in [0.3, 0.4) is 0 Å². The van der Waals surface area contributed by atoms with Gasteiger partial charge in [-0.15, -0.1) is 0 Å². The summed E-state index contributed by atoms with van der Waals surface area (Å²) >= 11 is 0. The SMILES string of the molecule is [CH2]C(CO)c1ccc(CC)c(CC)c1. The highest BCUT2D eigenvalue weighted by atomic mass is 16.3. The van der Waals surface area contributed by atoms with E-state index in [1.807, 2.05) is 0 Å². The van der Waals surface area contributed by atoms with Crippen LogP contribution < -0.4 is 0 Å². The van der Waals surface area contributed by atoms with Crippen LogP contribution in [0.2, 0.25) is 0 Å². The minimum atomic E-state index is 0.00575. The fourth-order valence-electron chi connectivity index (χ4n) is 1.68. The van der Waals surface area contributed by atoms with Crippen LogP contribution in [0, 0.1) is 6.92 Å². The first-order chi connectivity index (χ1) is 6.72. The van der Waals surface area contributed by atoms with Gasteiger partial charge in [-0.3, -0.25) is 0 Å². The van der Waals surface area contributed by atoms with E-state index in [9.17, 15) is 0 Å². The molecule has 1 aromatic rings. The second-order valence-corrected chi connectivity index (χ2v) is 3.61. The Labute approximate surface area is 86.8 Å². The molecule has 0 heterocycles. The van der Waals surface area contributed by atoms with E-state index in [0.717, 1.165) is 18.4 Å². The first-order valence-corrected chi connectivity index (χ1v) is 5.28. The summed E-state index contributed by atoms with van der Waals surface area (Å²) in [6.45, 7) is 8.36. The van der Waals surface area contributed by atoms with Crippen molar-refractivity contribution >= 4 is 0 Å². The molecule has 1 radical (unpaired) electrons. The molecule has 77 valence electrons. The lowest BCUT2D eigenvalue weighted by atomic mass is 9.94. The van der Waals surface area contributed by atoms with Crippen molar-refractivity contribution in [2.24, 2.45) is 0 Å². The van der Waals surface area contributed by atoms with Gasteiger partial charge in [0.05, 0.1) is 0 Å². The number of aliphatic hydroxyl groups excluding tert-OH is 1. The Morgan fingerprint density at radius 1 is 1.21 bits per heavy atom. The Hall–Kier alpha value is -0.820. The molecule has 0 fully saturated rings. The van der Waals surface area contributed by atoms with Gasteiger partial charge in [0.25, 0.3) is 0 Å². The second-order valence-electron chi connectivity index (χ2n) is 3.61. The monoisotopic (exact) mass is 191 g/mol. The number of aryl methyl sites for hydroxylation is 2. The summed E-state index contributed by atoms with van der Waals surface area (Å²) in [5, 5.41) is 9.02. The second kappa shape index (κ2) is 5.16. The molecule has 0 saturated carbocycles. The van der Waals surface area contributed by atoms with Gasteiger partial charge in [-0.2, -0.15) is 0 Å². The summed E-state index contributed by atoms with van der Waals surface area (Å²) in [7, 11) is 0. The van der Waals surface area contributed by atoms with Gasteiger partial charge in [-0.25, -0.2) is 0 Å². The Kier molecular flexibility index (Phi) is 4.15. The molecule has 0 bridgehead atoms. The first kappa shape index (κ1) is 11.3. The summed E-state index contributed by atoms with van der Waals surface area (Å²) < 4.78 is 0. The molecule has 1 nitrogen and oxygen atoms in total. The molecule has 0 aliphatic rings.